The van der Waals surface area contributed by atoms with Gasteiger partial charge in [-0.3, -0.25) is 0 Å². The monoisotopic (exact) mass is 408 g/mol. The molecule has 2 N–H and O–H groups in total. The lowest BCUT2D eigenvalue weighted by Crippen LogP contribution is -2.02. The van der Waals surface area contributed by atoms with E-state index in [9.17, 15) is 0 Å². The minimum atomic E-state index is 0.707. The molecule has 0 bridgehead atoms. The van der Waals surface area contributed by atoms with E-state index in [1.807, 2.05) is 26.8 Å². The molecule has 2 aromatic carbocycles. The zero-order chi connectivity index (χ0) is 15.3. The highest BCUT2D eigenvalue weighted by atomic mass is 79.9. The molecule has 21 heavy (non-hydrogen) atoms. The fourth-order valence-electron chi connectivity index (χ4n) is 2.24. The third-order valence-electron chi connectivity index (χ3n) is 3.55. The fraction of sp³-hybridized carbons (Fsp3) is 0.200. The maximum atomic E-state index is 6.04. The van der Waals surface area contributed by atoms with Crippen LogP contribution in [0.1, 0.15) is 16.7 Å². The summed E-state index contributed by atoms with van der Waals surface area (Å²) in [6.45, 7) is 6.06. The molecular formula is C15H14Br2N4. The van der Waals surface area contributed by atoms with Crippen LogP contribution >= 0.6 is 31.9 Å². The first-order chi connectivity index (χ1) is 9.88. The number of hydrogen-bond donors (Lipinski definition) is 1. The Morgan fingerprint density at radius 1 is 0.952 bits per heavy atom. The van der Waals surface area contributed by atoms with Gasteiger partial charge in [0.15, 0.2) is 0 Å². The van der Waals surface area contributed by atoms with Crippen LogP contribution in [0.15, 0.2) is 27.1 Å². The van der Waals surface area contributed by atoms with E-state index >= 15 is 0 Å². The zero-order valence-electron chi connectivity index (χ0n) is 11.9. The molecule has 0 radical (unpaired) electrons. The average molecular weight is 410 g/mol. The van der Waals surface area contributed by atoms with Crippen LogP contribution in [-0.2, 0) is 0 Å². The smallest absolute Gasteiger partial charge is 0.129 e. The number of benzene rings is 2. The maximum Gasteiger partial charge on any atom is 0.129 e. The molecule has 4 nitrogen and oxygen atoms in total. The molecule has 0 saturated carbocycles. The molecule has 1 heterocycles. The predicted molar refractivity (Wildman–Crippen MR) is 92.9 cm³/mol. The number of nitrogen functional groups attached to an aromatic ring is 1. The number of rotatable bonds is 1. The Labute approximate surface area is 139 Å². The molecule has 0 unspecified atom stereocenters. The van der Waals surface area contributed by atoms with Crippen molar-refractivity contribution in [2.24, 2.45) is 0 Å². The Bertz CT molecular complexity index is 868. The Morgan fingerprint density at radius 2 is 1.67 bits per heavy atom. The summed E-state index contributed by atoms with van der Waals surface area (Å²) < 4.78 is 1.89. The molecule has 0 aliphatic carbocycles. The highest BCUT2D eigenvalue weighted by Crippen LogP contribution is 2.31. The second kappa shape index (κ2) is 5.10. The fourth-order valence-corrected chi connectivity index (χ4v) is 3.30. The van der Waals surface area contributed by atoms with E-state index in [4.69, 9.17) is 5.73 Å². The van der Waals surface area contributed by atoms with Gasteiger partial charge < -0.3 is 5.73 Å². The minimum absolute atomic E-state index is 0.707. The van der Waals surface area contributed by atoms with Gasteiger partial charge in [0.25, 0.3) is 0 Å². The summed E-state index contributed by atoms with van der Waals surface area (Å²) in [7, 11) is 0. The summed E-state index contributed by atoms with van der Waals surface area (Å²) in [5, 5.41) is 9.16. The lowest BCUT2D eigenvalue weighted by atomic mass is 10.1. The number of hydrogen-bond acceptors (Lipinski definition) is 3. The molecule has 0 amide bonds. The van der Waals surface area contributed by atoms with Gasteiger partial charge in [-0.1, -0.05) is 15.9 Å². The van der Waals surface area contributed by atoms with Crippen molar-refractivity contribution >= 4 is 48.6 Å². The maximum absolute atomic E-state index is 6.04. The number of halogens is 2. The van der Waals surface area contributed by atoms with Crippen LogP contribution in [0, 0.1) is 20.8 Å². The molecule has 3 aromatic rings. The van der Waals surface area contributed by atoms with Gasteiger partial charge in [0.2, 0.25) is 0 Å². The van der Waals surface area contributed by atoms with Gasteiger partial charge >= 0.3 is 0 Å². The first-order valence-electron chi connectivity index (χ1n) is 6.47. The minimum Gasteiger partial charge on any atom is -0.398 e. The van der Waals surface area contributed by atoms with Gasteiger partial charge in [-0.2, -0.15) is 4.80 Å². The summed E-state index contributed by atoms with van der Waals surface area (Å²) in [6.07, 6.45) is 0. The molecule has 0 fully saturated rings. The summed E-state index contributed by atoms with van der Waals surface area (Å²) in [5.74, 6) is 0. The van der Waals surface area contributed by atoms with Gasteiger partial charge in [0.1, 0.15) is 11.0 Å². The van der Waals surface area contributed by atoms with Gasteiger partial charge in [-0.25, -0.2) is 0 Å². The van der Waals surface area contributed by atoms with Crippen LogP contribution in [0.2, 0.25) is 0 Å². The van der Waals surface area contributed by atoms with Crippen molar-refractivity contribution in [1.29, 1.82) is 0 Å². The number of nitrogens with zero attached hydrogens (tertiary/aromatic N) is 3. The first-order valence-corrected chi connectivity index (χ1v) is 8.06. The van der Waals surface area contributed by atoms with E-state index in [1.54, 1.807) is 4.80 Å². The second-order valence-electron chi connectivity index (χ2n) is 5.17. The summed E-state index contributed by atoms with van der Waals surface area (Å²) in [4.78, 5) is 1.67. The average Bonchev–Trinajstić information content (AvgIpc) is 2.84. The summed E-state index contributed by atoms with van der Waals surface area (Å²) >= 11 is 7.06. The molecule has 0 aliphatic heterocycles. The Hall–Kier alpha value is -1.40. The van der Waals surface area contributed by atoms with Crippen molar-refractivity contribution in [3.8, 4) is 5.69 Å². The lowest BCUT2D eigenvalue weighted by Gasteiger charge is -2.07. The molecule has 0 atom stereocenters. The standard InChI is InChI=1S/C15H14Br2N4/c1-7-6-12(8(2)4-10(7)16)21-19-11-5-9(3)14(18)13(17)15(11)20-21/h4-6H,18H2,1-3H3. The van der Waals surface area contributed by atoms with Crippen molar-refractivity contribution in [3.63, 3.8) is 0 Å². The Balaban J connectivity index is 2.27. The Morgan fingerprint density at radius 3 is 2.38 bits per heavy atom. The topological polar surface area (TPSA) is 56.7 Å². The van der Waals surface area contributed by atoms with Crippen LogP contribution in [0.4, 0.5) is 5.69 Å². The summed E-state index contributed by atoms with van der Waals surface area (Å²) in [5.41, 5.74) is 12.6. The third-order valence-corrected chi connectivity index (χ3v) is 5.21. The van der Waals surface area contributed by atoms with Crippen LogP contribution in [0.25, 0.3) is 16.7 Å². The van der Waals surface area contributed by atoms with Crippen molar-refractivity contribution in [1.82, 2.24) is 15.0 Å². The largest absolute Gasteiger partial charge is 0.398 e. The van der Waals surface area contributed by atoms with Gasteiger partial charge in [0, 0.05) is 4.47 Å². The number of aromatic nitrogens is 3. The van der Waals surface area contributed by atoms with Crippen LogP contribution < -0.4 is 5.73 Å². The van der Waals surface area contributed by atoms with E-state index in [0.29, 0.717) is 5.69 Å². The van der Waals surface area contributed by atoms with Crippen molar-refractivity contribution < 1.29 is 0 Å². The van der Waals surface area contributed by atoms with E-state index in [2.05, 4.69) is 54.2 Å². The van der Waals surface area contributed by atoms with Gasteiger partial charge in [-0.15, -0.1) is 10.2 Å². The predicted octanol–water partition coefficient (Wildman–Crippen LogP) is 4.45. The molecule has 0 spiro atoms. The van der Waals surface area contributed by atoms with E-state index < -0.39 is 0 Å². The quantitative estimate of drug-likeness (QED) is 0.604. The van der Waals surface area contributed by atoms with Gasteiger partial charge in [-0.05, 0) is 71.6 Å². The lowest BCUT2D eigenvalue weighted by molar-refractivity contribution is 0.759. The van der Waals surface area contributed by atoms with Gasteiger partial charge in [0.05, 0.1) is 15.8 Å². The normalized spacial score (nSPS) is 11.3. The SMILES string of the molecule is Cc1cc(-n2nc3cc(C)c(N)c(Br)c3n2)c(C)cc1Br. The molecule has 0 saturated heterocycles. The first kappa shape index (κ1) is 14.5. The second-order valence-corrected chi connectivity index (χ2v) is 6.81. The highest BCUT2D eigenvalue weighted by molar-refractivity contribution is 9.11. The van der Waals surface area contributed by atoms with Crippen molar-refractivity contribution in [2.75, 3.05) is 5.73 Å². The number of anilines is 1. The van der Waals surface area contributed by atoms with Crippen LogP contribution in [0.5, 0.6) is 0 Å². The number of fused-ring (bicyclic) bond motifs is 1. The third kappa shape index (κ3) is 2.36. The summed E-state index contributed by atoms with van der Waals surface area (Å²) in [6, 6.07) is 6.11. The molecular weight excluding hydrogens is 396 g/mol. The molecule has 0 aliphatic rings. The number of nitrogens with two attached hydrogens (primary N) is 1. The molecule has 1 aromatic heterocycles. The number of aryl methyl sites for hydroxylation is 3. The zero-order valence-corrected chi connectivity index (χ0v) is 15.1. The van der Waals surface area contributed by atoms with Crippen molar-refractivity contribution in [3.05, 3.63) is 43.8 Å². The van der Waals surface area contributed by atoms with E-state index in [1.165, 1.54) is 0 Å². The Kier molecular flexibility index (Phi) is 3.53. The van der Waals surface area contributed by atoms with Crippen LogP contribution in [0.3, 0.4) is 0 Å². The highest BCUT2D eigenvalue weighted by Gasteiger charge is 2.14. The van der Waals surface area contributed by atoms with E-state index in [-0.39, 0.29) is 0 Å². The van der Waals surface area contributed by atoms with E-state index in [0.717, 1.165) is 42.4 Å². The van der Waals surface area contributed by atoms with Crippen LogP contribution in [-0.4, -0.2) is 15.0 Å². The molecule has 3 rings (SSSR count). The molecule has 108 valence electrons. The van der Waals surface area contributed by atoms with Crippen molar-refractivity contribution in [2.45, 2.75) is 20.8 Å². The molecule has 6 heteroatoms.